The highest BCUT2D eigenvalue weighted by Gasteiger charge is 2.32. The predicted molar refractivity (Wildman–Crippen MR) is 155 cm³/mol. The molecule has 3 aromatic carbocycles. The van der Waals surface area contributed by atoms with Gasteiger partial charge in [-0.2, -0.15) is 0 Å². The van der Waals surface area contributed by atoms with Gasteiger partial charge in [0.2, 0.25) is 11.8 Å². The number of halogens is 1. The van der Waals surface area contributed by atoms with Gasteiger partial charge in [0, 0.05) is 13.1 Å². The van der Waals surface area contributed by atoms with E-state index in [-0.39, 0.29) is 28.1 Å². The summed E-state index contributed by atoms with van der Waals surface area (Å²) in [6.07, 6.45) is 0.726. The van der Waals surface area contributed by atoms with Crippen LogP contribution in [-0.4, -0.2) is 58.5 Å². The molecular weight excluding hydrogens is 554 g/mol. The van der Waals surface area contributed by atoms with E-state index in [0.29, 0.717) is 23.6 Å². The SMILES string of the molecule is CCCNC(=O)C(C)N(Cc1cccc(OC)c1)C(=O)CN(c1ccc(OC)c(Cl)c1)S(=O)(=O)c1ccccc1. The van der Waals surface area contributed by atoms with Gasteiger partial charge in [0.1, 0.15) is 24.1 Å². The van der Waals surface area contributed by atoms with Gasteiger partial charge in [-0.3, -0.25) is 13.9 Å². The van der Waals surface area contributed by atoms with E-state index in [0.717, 1.165) is 10.7 Å². The van der Waals surface area contributed by atoms with Gasteiger partial charge in [-0.05, 0) is 61.4 Å². The molecule has 0 bridgehead atoms. The summed E-state index contributed by atoms with van der Waals surface area (Å²) in [5.41, 5.74) is 0.889. The first kappa shape index (κ1) is 30.8. The molecule has 3 aromatic rings. The van der Waals surface area contributed by atoms with Gasteiger partial charge >= 0.3 is 0 Å². The molecule has 0 aromatic heterocycles. The van der Waals surface area contributed by atoms with Crippen LogP contribution >= 0.6 is 11.6 Å². The minimum atomic E-state index is -4.20. The van der Waals surface area contributed by atoms with Crippen molar-refractivity contribution in [1.29, 1.82) is 0 Å². The number of anilines is 1. The molecule has 2 amide bonds. The second-order valence-corrected chi connectivity index (χ2v) is 11.3. The monoisotopic (exact) mass is 587 g/mol. The third-order valence-electron chi connectivity index (χ3n) is 6.24. The third-order valence-corrected chi connectivity index (χ3v) is 8.32. The largest absolute Gasteiger partial charge is 0.497 e. The topological polar surface area (TPSA) is 105 Å². The molecule has 1 N–H and O–H groups in total. The van der Waals surface area contributed by atoms with Gasteiger partial charge in [0.05, 0.1) is 29.8 Å². The van der Waals surface area contributed by atoms with Gasteiger partial charge < -0.3 is 19.7 Å². The van der Waals surface area contributed by atoms with Crippen LogP contribution in [0.2, 0.25) is 5.02 Å². The molecule has 9 nitrogen and oxygen atoms in total. The normalized spacial score (nSPS) is 11.8. The second kappa shape index (κ2) is 14.0. The number of ether oxygens (including phenoxy) is 2. The zero-order valence-electron chi connectivity index (χ0n) is 23.0. The standard InChI is InChI=1S/C29H34ClN3O6S/c1-5-16-31-29(35)21(2)32(19-22-10-9-11-24(17-22)38-3)28(34)20-33(23-14-15-27(39-4)26(30)18-23)40(36,37)25-12-7-6-8-13-25/h6-15,17-18,21H,5,16,19-20H2,1-4H3,(H,31,35). The molecule has 1 unspecified atom stereocenters. The fourth-order valence-electron chi connectivity index (χ4n) is 4.00. The summed E-state index contributed by atoms with van der Waals surface area (Å²) >= 11 is 6.34. The summed E-state index contributed by atoms with van der Waals surface area (Å²) in [7, 11) is -1.21. The molecule has 0 aliphatic carbocycles. The third kappa shape index (κ3) is 7.45. The van der Waals surface area contributed by atoms with E-state index in [1.165, 1.54) is 49.5 Å². The van der Waals surface area contributed by atoms with E-state index in [9.17, 15) is 18.0 Å². The number of carbonyl (C=O) groups excluding carboxylic acids is 2. The Morgan fingerprint density at radius 1 is 0.975 bits per heavy atom. The Morgan fingerprint density at radius 3 is 2.33 bits per heavy atom. The summed E-state index contributed by atoms with van der Waals surface area (Å²) in [6, 6.07) is 18.5. The van der Waals surface area contributed by atoms with Crippen LogP contribution in [0, 0.1) is 0 Å². The molecule has 0 aliphatic heterocycles. The number of hydrogen-bond donors (Lipinski definition) is 1. The molecule has 0 spiro atoms. The molecule has 40 heavy (non-hydrogen) atoms. The van der Waals surface area contributed by atoms with Gasteiger partial charge in [0.15, 0.2) is 0 Å². The van der Waals surface area contributed by atoms with Crippen molar-refractivity contribution >= 4 is 39.1 Å². The second-order valence-electron chi connectivity index (χ2n) is 8.98. The van der Waals surface area contributed by atoms with Crippen LogP contribution < -0.4 is 19.1 Å². The Kier molecular flexibility index (Phi) is 10.8. The molecule has 0 fully saturated rings. The number of nitrogens with one attached hydrogen (secondary N) is 1. The molecule has 0 aliphatic rings. The van der Waals surface area contributed by atoms with Crippen molar-refractivity contribution in [2.24, 2.45) is 0 Å². The maximum absolute atomic E-state index is 13.9. The summed E-state index contributed by atoms with van der Waals surface area (Å²) in [4.78, 5) is 28.3. The number of methoxy groups -OCH3 is 2. The fourth-order valence-corrected chi connectivity index (χ4v) is 5.68. The van der Waals surface area contributed by atoms with E-state index >= 15 is 0 Å². The lowest BCUT2D eigenvalue weighted by atomic mass is 10.1. The number of hydrogen-bond acceptors (Lipinski definition) is 6. The van der Waals surface area contributed by atoms with E-state index in [1.54, 1.807) is 49.4 Å². The number of amides is 2. The van der Waals surface area contributed by atoms with Gasteiger partial charge in [-0.1, -0.05) is 48.9 Å². The lowest BCUT2D eigenvalue weighted by Crippen LogP contribution is -2.51. The minimum Gasteiger partial charge on any atom is -0.497 e. The van der Waals surface area contributed by atoms with Crippen molar-refractivity contribution < 1.29 is 27.5 Å². The lowest BCUT2D eigenvalue weighted by molar-refractivity contribution is -0.139. The Labute approximate surface area is 240 Å². The number of nitrogens with zero attached hydrogens (tertiary/aromatic N) is 2. The molecule has 1 atom stereocenters. The first-order valence-electron chi connectivity index (χ1n) is 12.7. The van der Waals surface area contributed by atoms with Gasteiger partial charge in [0.25, 0.3) is 10.0 Å². The van der Waals surface area contributed by atoms with Crippen LogP contribution in [0.5, 0.6) is 11.5 Å². The smallest absolute Gasteiger partial charge is 0.264 e. The predicted octanol–water partition coefficient (Wildman–Crippen LogP) is 4.50. The summed E-state index contributed by atoms with van der Waals surface area (Å²) < 4.78 is 39.2. The lowest BCUT2D eigenvalue weighted by Gasteiger charge is -2.32. The number of carbonyl (C=O) groups is 2. The van der Waals surface area contributed by atoms with E-state index < -0.39 is 28.5 Å². The van der Waals surface area contributed by atoms with Gasteiger partial charge in [-0.25, -0.2) is 8.42 Å². The average Bonchev–Trinajstić information content (AvgIpc) is 2.97. The minimum absolute atomic E-state index is 0.00261. The first-order valence-corrected chi connectivity index (χ1v) is 14.6. The van der Waals surface area contributed by atoms with Crippen molar-refractivity contribution in [3.63, 3.8) is 0 Å². The Bertz CT molecular complexity index is 1420. The highest BCUT2D eigenvalue weighted by Crippen LogP contribution is 2.32. The van der Waals surface area contributed by atoms with Crippen LogP contribution in [-0.2, 0) is 26.2 Å². The van der Waals surface area contributed by atoms with Crippen LogP contribution in [0.3, 0.4) is 0 Å². The Hall–Kier alpha value is -3.76. The van der Waals surface area contributed by atoms with Gasteiger partial charge in [-0.15, -0.1) is 0 Å². The molecule has 0 radical (unpaired) electrons. The summed E-state index contributed by atoms with van der Waals surface area (Å²) in [6.45, 7) is 3.47. The van der Waals surface area contributed by atoms with Crippen LogP contribution in [0.1, 0.15) is 25.8 Å². The zero-order valence-corrected chi connectivity index (χ0v) is 24.5. The number of rotatable bonds is 13. The first-order chi connectivity index (χ1) is 19.1. The number of sulfonamides is 1. The molecule has 0 heterocycles. The van der Waals surface area contributed by atoms with Crippen LogP contribution in [0.25, 0.3) is 0 Å². The van der Waals surface area contributed by atoms with Crippen molar-refractivity contribution in [2.45, 2.75) is 37.8 Å². The average molecular weight is 588 g/mol. The highest BCUT2D eigenvalue weighted by molar-refractivity contribution is 7.92. The quantitative estimate of drug-likeness (QED) is 0.316. The maximum atomic E-state index is 13.9. The van der Waals surface area contributed by atoms with Crippen LogP contribution in [0.15, 0.2) is 77.7 Å². The molecule has 0 saturated carbocycles. The fraction of sp³-hybridized carbons (Fsp3) is 0.310. The van der Waals surface area contributed by atoms with Crippen LogP contribution in [0.4, 0.5) is 5.69 Å². The highest BCUT2D eigenvalue weighted by atomic mass is 35.5. The van der Waals surface area contributed by atoms with Crippen molar-refractivity contribution in [3.8, 4) is 11.5 Å². The number of benzene rings is 3. The Morgan fingerprint density at radius 2 is 1.70 bits per heavy atom. The van der Waals surface area contributed by atoms with E-state index in [1.807, 2.05) is 6.92 Å². The molecule has 3 rings (SSSR count). The molecule has 11 heteroatoms. The van der Waals surface area contributed by atoms with E-state index in [4.69, 9.17) is 21.1 Å². The maximum Gasteiger partial charge on any atom is 0.264 e. The van der Waals surface area contributed by atoms with Crippen molar-refractivity contribution in [2.75, 3.05) is 31.6 Å². The van der Waals surface area contributed by atoms with Crippen molar-refractivity contribution in [3.05, 3.63) is 83.4 Å². The van der Waals surface area contributed by atoms with Crippen molar-refractivity contribution in [1.82, 2.24) is 10.2 Å². The Balaban J connectivity index is 2.05. The zero-order chi connectivity index (χ0) is 29.3. The summed E-state index contributed by atoms with van der Waals surface area (Å²) in [5, 5.41) is 3.00. The molecular formula is C29H34ClN3O6S. The molecule has 214 valence electrons. The summed E-state index contributed by atoms with van der Waals surface area (Å²) in [5.74, 6) is 0.0280. The molecule has 0 saturated heterocycles. The van der Waals surface area contributed by atoms with E-state index in [2.05, 4.69) is 5.32 Å².